The lowest BCUT2D eigenvalue weighted by molar-refractivity contribution is -0.201. The number of aliphatic hydroxyl groups excluding tert-OH is 1. The second-order valence-corrected chi connectivity index (χ2v) is 11.0. The van der Waals surface area contributed by atoms with E-state index >= 15 is 8.78 Å². The molecule has 1 fully saturated rings. The summed E-state index contributed by atoms with van der Waals surface area (Å²) in [5.41, 5.74) is 3.66. The van der Waals surface area contributed by atoms with Crippen molar-refractivity contribution in [2.45, 2.75) is 30.8 Å². The Hall–Kier alpha value is -2.96. The number of rotatable bonds is 7. The number of fused-ring (bicyclic) bond motifs is 2. The van der Waals surface area contributed by atoms with E-state index in [0.717, 1.165) is 17.7 Å². The smallest absolute Gasteiger partial charge is 0.264 e. The Kier molecular flexibility index (Phi) is 6.53. The first-order chi connectivity index (χ1) is 17.5. The number of aliphatic hydroxyl groups is 1. The standard InChI is InChI=1S/C23H25F2N6O4PS/c1-22(24)19(32)23(25,11-33-36(37)35-15-10-6-8-13-7-4-5-9-14(13)15)34-20(22)31-12-27-16-17(30(2)3)28-21(26)29-18(16)31/h4-10,12,19-20,32,36H,11H2,1-3H3,(H2,26,28,29)/t19-,20+,22+,23+/m0/s1. The van der Waals surface area contributed by atoms with Crippen LogP contribution in [0.3, 0.4) is 0 Å². The number of benzene rings is 2. The highest BCUT2D eigenvalue weighted by atomic mass is 32.4. The van der Waals surface area contributed by atoms with Gasteiger partial charge in [-0.05, 0) is 30.2 Å². The van der Waals surface area contributed by atoms with Gasteiger partial charge in [-0.25, -0.2) is 13.8 Å². The van der Waals surface area contributed by atoms with Crippen molar-refractivity contribution in [1.29, 1.82) is 0 Å². The number of nitrogen functional groups attached to an aromatic ring is 1. The van der Waals surface area contributed by atoms with Crippen LogP contribution in [0.1, 0.15) is 13.2 Å². The molecule has 3 heterocycles. The number of imidazole rings is 1. The van der Waals surface area contributed by atoms with Gasteiger partial charge < -0.3 is 29.5 Å². The lowest BCUT2D eigenvalue weighted by Crippen LogP contribution is -2.46. The molecule has 5 rings (SSSR count). The molecule has 5 atom stereocenters. The minimum Gasteiger partial charge on any atom is -0.445 e. The third-order valence-corrected chi connectivity index (χ3v) is 7.53. The summed E-state index contributed by atoms with van der Waals surface area (Å²) in [4.78, 5) is 14.2. The highest BCUT2D eigenvalue weighted by Crippen LogP contribution is 2.49. The van der Waals surface area contributed by atoms with Gasteiger partial charge in [-0.15, -0.1) is 0 Å². The zero-order valence-electron chi connectivity index (χ0n) is 20.1. The predicted molar refractivity (Wildman–Crippen MR) is 140 cm³/mol. The fraction of sp³-hybridized carbons (Fsp3) is 0.348. The largest absolute Gasteiger partial charge is 0.445 e. The van der Waals surface area contributed by atoms with Crippen LogP contribution >= 0.6 is 7.15 Å². The number of anilines is 2. The van der Waals surface area contributed by atoms with Crippen molar-refractivity contribution in [3.63, 3.8) is 0 Å². The predicted octanol–water partition coefficient (Wildman–Crippen LogP) is 3.51. The Labute approximate surface area is 216 Å². The maximum absolute atomic E-state index is 15.9. The summed E-state index contributed by atoms with van der Waals surface area (Å²) in [5, 5.41) is 12.4. The highest BCUT2D eigenvalue weighted by Gasteiger charge is 2.64. The van der Waals surface area contributed by atoms with Crippen LogP contribution in [0.25, 0.3) is 21.9 Å². The lowest BCUT2D eigenvalue weighted by Gasteiger charge is -2.25. The van der Waals surface area contributed by atoms with Crippen LogP contribution in [0.15, 0.2) is 48.8 Å². The molecule has 0 bridgehead atoms. The van der Waals surface area contributed by atoms with Crippen molar-refractivity contribution >= 4 is 52.7 Å². The normalized spacial score (nSPS) is 26.5. The Morgan fingerprint density at radius 2 is 1.95 bits per heavy atom. The Balaban J connectivity index is 1.37. The molecule has 1 unspecified atom stereocenters. The second kappa shape index (κ2) is 9.41. The molecule has 1 saturated heterocycles. The molecule has 0 spiro atoms. The zero-order chi connectivity index (χ0) is 26.5. The van der Waals surface area contributed by atoms with Crippen molar-refractivity contribution in [3.05, 3.63) is 48.8 Å². The fourth-order valence-electron chi connectivity index (χ4n) is 4.33. The molecule has 4 aromatic rings. The van der Waals surface area contributed by atoms with Crippen LogP contribution in [0.2, 0.25) is 0 Å². The first-order valence-corrected chi connectivity index (χ1v) is 13.7. The van der Waals surface area contributed by atoms with Gasteiger partial charge in [0.25, 0.3) is 5.85 Å². The maximum atomic E-state index is 15.9. The first kappa shape index (κ1) is 25.7. The first-order valence-electron chi connectivity index (χ1n) is 11.2. The van der Waals surface area contributed by atoms with Crippen molar-refractivity contribution in [3.8, 4) is 5.75 Å². The second-order valence-electron chi connectivity index (χ2n) is 9.05. The van der Waals surface area contributed by atoms with Crippen LogP contribution in [-0.2, 0) is 21.1 Å². The van der Waals surface area contributed by atoms with E-state index in [9.17, 15) is 5.11 Å². The summed E-state index contributed by atoms with van der Waals surface area (Å²) in [6.07, 6.45) is -2.61. The number of halogens is 2. The van der Waals surface area contributed by atoms with E-state index in [-0.39, 0.29) is 11.6 Å². The van der Waals surface area contributed by atoms with E-state index < -0.39 is 37.6 Å². The van der Waals surface area contributed by atoms with E-state index in [1.807, 2.05) is 30.3 Å². The molecule has 2 aromatic heterocycles. The van der Waals surface area contributed by atoms with Gasteiger partial charge in [0.2, 0.25) is 13.1 Å². The number of aromatic nitrogens is 4. The summed E-state index contributed by atoms with van der Waals surface area (Å²) < 4.78 is 49.5. The van der Waals surface area contributed by atoms with Crippen molar-refractivity contribution < 1.29 is 27.7 Å². The number of hydrogen-bond donors (Lipinski definition) is 2. The van der Waals surface area contributed by atoms with Gasteiger partial charge in [-0.1, -0.05) is 36.4 Å². The van der Waals surface area contributed by atoms with E-state index in [4.69, 9.17) is 31.3 Å². The van der Waals surface area contributed by atoms with E-state index in [0.29, 0.717) is 17.1 Å². The fourth-order valence-corrected chi connectivity index (χ4v) is 5.50. The number of alkyl halides is 2. The average Bonchev–Trinajstić information content (AvgIpc) is 3.35. The quantitative estimate of drug-likeness (QED) is 0.331. The molecule has 0 amide bonds. The minimum atomic E-state index is -2.93. The molecule has 196 valence electrons. The Morgan fingerprint density at radius 1 is 1.22 bits per heavy atom. The van der Waals surface area contributed by atoms with E-state index in [1.54, 1.807) is 31.1 Å². The SMILES string of the molecule is CN(C)c1nc(N)nc2c1ncn2[C@@H]1O[C@](F)(CO[PH](=S)Oc2cccc3ccccc23)[C@@H](O)[C@@]1(C)F. The van der Waals surface area contributed by atoms with Crippen molar-refractivity contribution in [2.75, 3.05) is 31.3 Å². The number of hydrogen-bond acceptors (Lipinski definition) is 10. The molecular weight excluding hydrogens is 525 g/mol. The summed E-state index contributed by atoms with van der Waals surface area (Å²) in [6.45, 7) is 0.179. The van der Waals surface area contributed by atoms with Gasteiger partial charge in [0.05, 0.1) is 6.33 Å². The molecule has 0 saturated carbocycles. The molecule has 1 aliphatic heterocycles. The number of nitrogens with two attached hydrogens (primary N) is 1. The molecule has 37 heavy (non-hydrogen) atoms. The van der Waals surface area contributed by atoms with E-state index in [2.05, 4.69) is 15.0 Å². The molecule has 2 aromatic carbocycles. The van der Waals surface area contributed by atoms with Crippen LogP contribution < -0.4 is 15.2 Å². The van der Waals surface area contributed by atoms with Gasteiger partial charge in [0.1, 0.15) is 12.4 Å². The molecular formula is C23H25F2N6O4PS. The Bertz CT molecular complexity index is 1500. The van der Waals surface area contributed by atoms with Gasteiger partial charge in [0, 0.05) is 19.5 Å². The molecule has 1 aliphatic rings. The molecule has 14 heteroatoms. The molecule has 0 aliphatic carbocycles. The van der Waals surface area contributed by atoms with Crippen LogP contribution in [-0.4, -0.2) is 63.0 Å². The maximum Gasteiger partial charge on any atom is 0.264 e. The third-order valence-electron chi connectivity index (χ3n) is 6.16. The monoisotopic (exact) mass is 550 g/mol. The van der Waals surface area contributed by atoms with E-state index in [1.165, 1.54) is 10.9 Å². The summed E-state index contributed by atoms with van der Waals surface area (Å²) >= 11 is 5.30. The van der Waals surface area contributed by atoms with Gasteiger partial charge in [0.15, 0.2) is 35.0 Å². The number of nitrogens with zero attached hydrogens (tertiary/aromatic N) is 5. The number of ether oxygens (including phenoxy) is 1. The van der Waals surface area contributed by atoms with Crippen molar-refractivity contribution in [2.24, 2.45) is 0 Å². The van der Waals surface area contributed by atoms with Gasteiger partial charge in [-0.3, -0.25) is 4.57 Å². The summed E-state index contributed by atoms with van der Waals surface area (Å²) in [5.74, 6) is -2.14. The molecule has 10 nitrogen and oxygen atoms in total. The average molecular weight is 551 g/mol. The molecule has 3 N–H and O–H groups in total. The van der Waals surface area contributed by atoms with Crippen LogP contribution in [0.5, 0.6) is 5.75 Å². The summed E-state index contributed by atoms with van der Waals surface area (Å²) in [7, 11) is 0.985. The third kappa shape index (κ3) is 4.51. The van der Waals surface area contributed by atoms with Crippen molar-refractivity contribution in [1.82, 2.24) is 19.5 Å². The van der Waals surface area contributed by atoms with Gasteiger partial charge in [-0.2, -0.15) is 9.97 Å². The lowest BCUT2D eigenvalue weighted by atomic mass is 9.97. The topological polar surface area (TPSA) is 121 Å². The van der Waals surface area contributed by atoms with Crippen LogP contribution in [0, 0.1) is 0 Å². The minimum absolute atomic E-state index is 0.0872. The zero-order valence-corrected chi connectivity index (χ0v) is 21.9. The van der Waals surface area contributed by atoms with Crippen LogP contribution in [0.4, 0.5) is 20.5 Å². The highest BCUT2D eigenvalue weighted by molar-refractivity contribution is 8.00. The molecule has 0 radical (unpaired) electrons. The summed E-state index contributed by atoms with van der Waals surface area (Å²) in [6, 6.07) is 13.0. The van der Waals surface area contributed by atoms with Gasteiger partial charge >= 0.3 is 0 Å². The Morgan fingerprint density at radius 3 is 2.70 bits per heavy atom.